The second-order valence-corrected chi connectivity index (χ2v) is 29.6. The molecule has 8 heteroatoms. The molecule has 0 saturated heterocycles. The van der Waals surface area contributed by atoms with E-state index in [0.29, 0.717) is 41.9 Å². The summed E-state index contributed by atoms with van der Waals surface area (Å²) < 4.78 is 0. The summed E-state index contributed by atoms with van der Waals surface area (Å²) in [6.07, 6.45) is 19.2. The highest BCUT2D eigenvalue weighted by Crippen LogP contribution is 2.80. The summed E-state index contributed by atoms with van der Waals surface area (Å²) >= 11 is 0. The van der Waals surface area contributed by atoms with Crippen molar-refractivity contribution in [3.05, 3.63) is 0 Å². The van der Waals surface area contributed by atoms with Gasteiger partial charge in [-0.25, -0.2) is 0 Å². The van der Waals surface area contributed by atoms with Gasteiger partial charge >= 0.3 is 11.9 Å². The zero-order valence-corrected chi connectivity index (χ0v) is 44.5. The van der Waals surface area contributed by atoms with Gasteiger partial charge in [-0.1, -0.05) is 69.2 Å². The van der Waals surface area contributed by atoms with Crippen LogP contribution >= 0.6 is 0 Å². The third kappa shape index (κ3) is 6.39. The van der Waals surface area contributed by atoms with Gasteiger partial charge in [0.15, 0.2) is 0 Å². The van der Waals surface area contributed by atoms with Gasteiger partial charge in [-0.3, -0.25) is 14.4 Å². The summed E-state index contributed by atoms with van der Waals surface area (Å²) in [7, 11) is 0. The Hall–Kier alpha value is -1.51. The first kappa shape index (κ1) is 50.4. The van der Waals surface area contributed by atoms with Crippen LogP contribution in [0.25, 0.3) is 0 Å². The maximum absolute atomic E-state index is 12.8. The van der Waals surface area contributed by atoms with Crippen LogP contribution in [0.1, 0.15) is 218 Å². The lowest BCUT2D eigenvalue weighted by molar-refractivity contribution is -0.252. The number of carboxylic acid groups (broad SMARTS) is 2. The van der Waals surface area contributed by atoms with Gasteiger partial charge in [-0.15, -0.1) is 0 Å². The van der Waals surface area contributed by atoms with Gasteiger partial charge in [-0.05, 0) is 246 Å². The smallest absolute Gasteiger partial charge is 0.309 e. The summed E-state index contributed by atoms with van der Waals surface area (Å²) in [4.78, 5) is 38.2. The maximum Gasteiger partial charge on any atom is 0.309 e. The summed E-state index contributed by atoms with van der Waals surface area (Å²) in [5, 5.41) is 53.9. The van der Waals surface area contributed by atoms with Crippen molar-refractivity contribution in [1.29, 1.82) is 0 Å². The second-order valence-electron chi connectivity index (χ2n) is 29.6. The van der Waals surface area contributed by atoms with E-state index in [9.17, 15) is 39.9 Å². The van der Waals surface area contributed by atoms with E-state index in [2.05, 4.69) is 69.2 Å². The maximum atomic E-state index is 12.8. The molecule has 0 bridgehead atoms. The zero-order valence-electron chi connectivity index (χ0n) is 44.5. The van der Waals surface area contributed by atoms with E-state index < -0.39 is 28.4 Å². The molecule has 0 heterocycles. The summed E-state index contributed by atoms with van der Waals surface area (Å²) in [5.74, 6) is 1.96. The molecular formula is C59H96O8. The Kier molecular flexibility index (Phi) is 11.7. The van der Waals surface area contributed by atoms with Gasteiger partial charge in [-0.2, -0.15) is 0 Å². The van der Waals surface area contributed by atoms with E-state index >= 15 is 0 Å². The largest absolute Gasteiger partial charge is 0.481 e. The molecule has 0 amide bonds. The van der Waals surface area contributed by atoms with Crippen LogP contribution in [0.15, 0.2) is 0 Å². The van der Waals surface area contributed by atoms with Gasteiger partial charge in [0.2, 0.25) is 0 Å². The van der Waals surface area contributed by atoms with Crippen LogP contribution in [-0.4, -0.2) is 61.1 Å². The van der Waals surface area contributed by atoms with Crippen molar-refractivity contribution in [2.75, 3.05) is 0 Å². The predicted molar refractivity (Wildman–Crippen MR) is 263 cm³/mol. The average Bonchev–Trinajstić information content (AvgIpc) is 3.84. The molecule has 10 fully saturated rings. The summed E-state index contributed by atoms with van der Waals surface area (Å²) in [6, 6.07) is 0. The first-order chi connectivity index (χ1) is 30.8. The third-order valence-electron chi connectivity index (χ3n) is 27.1. The molecule has 0 radical (unpaired) electrons. The molecule has 20 atom stereocenters. The Morgan fingerprint density at radius 3 is 1.25 bits per heavy atom. The van der Waals surface area contributed by atoms with E-state index in [4.69, 9.17) is 0 Å². The average molecular weight is 933 g/mol. The van der Waals surface area contributed by atoms with Gasteiger partial charge in [0.05, 0.1) is 28.6 Å². The van der Waals surface area contributed by atoms with Crippen molar-refractivity contribution < 1.29 is 39.9 Å². The Labute approximate surface area is 405 Å². The minimum absolute atomic E-state index is 0.000765. The van der Waals surface area contributed by atoms with Crippen molar-refractivity contribution >= 4 is 17.7 Å². The second kappa shape index (κ2) is 15.5. The van der Waals surface area contributed by atoms with Crippen molar-refractivity contribution in [1.82, 2.24) is 0 Å². The molecule has 8 unspecified atom stereocenters. The molecule has 0 spiro atoms. The lowest BCUT2D eigenvalue weighted by atomic mass is 9.32. The van der Waals surface area contributed by atoms with E-state index in [1.807, 2.05) is 13.8 Å². The van der Waals surface area contributed by atoms with Gasteiger partial charge < -0.3 is 25.5 Å². The third-order valence-corrected chi connectivity index (χ3v) is 27.1. The Morgan fingerprint density at radius 1 is 0.448 bits per heavy atom. The quantitative estimate of drug-likeness (QED) is 0.187. The van der Waals surface area contributed by atoms with Crippen LogP contribution < -0.4 is 0 Å². The predicted octanol–water partition coefficient (Wildman–Crippen LogP) is 12.4. The fourth-order valence-electron chi connectivity index (χ4n) is 23.1. The fourth-order valence-corrected chi connectivity index (χ4v) is 23.1. The molecule has 5 N–H and O–H groups in total. The summed E-state index contributed by atoms with van der Waals surface area (Å²) in [6.45, 7) is 29.8. The minimum Gasteiger partial charge on any atom is -0.481 e. The van der Waals surface area contributed by atoms with Gasteiger partial charge in [0.25, 0.3) is 0 Å². The van der Waals surface area contributed by atoms with Gasteiger partial charge in [0.1, 0.15) is 5.78 Å². The number of ketones is 1. The van der Waals surface area contributed by atoms with Crippen LogP contribution in [0.4, 0.5) is 0 Å². The molecule has 67 heavy (non-hydrogen) atoms. The number of hydrogen-bond donors (Lipinski definition) is 5. The molecule has 0 aliphatic heterocycles. The SMILES string of the molecule is CC(=O)[C@@H]1CC[C@]2(C(=O)O)CC[C@]3(C)C(CCC4[C@@]5(C)CC[C@H](O)C(C)(C)C5CC[C@]43C)C12.CC(C)(O)[C@@H]1CC[C@]2(C(=O)O)CC[C@]3(C)C(CCC4[C@@]5(C)CC[C@H](O)C(C)(C)C5CC[C@]43C)C12. The lowest BCUT2D eigenvalue weighted by Crippen LogP contribution is -2.67. The highest BCUT2D eigenvalue weighted by Gasteiger charge is 2.75. The number of aliphatic carboxylic acids is 2. The van der Waals surface area contributed by atoms with Crippen LogP contribution in [0.2, 0.25) is 0 Å². The molecule has 10 rings (SSSR count). The summed E-state index contributed by atoms with van der Waals surface area (Å²) in [5.41, 5.74) is -1.32. The normalized spacial score (nSPS) is 54.7. The van der Waals surface area contributed by atoms with Crippen molar-refractivity contribution in [2.24, 2.45) is 113 Å². The number of Topliss-reactive ketones (excluding diaryl/α,β-unsaturated/α-hetero) is 1. The number of carboxylic acids is 2. The molecule has 10 aliphatic rings. The van der Waals surface area contributed by atoms with Crippen molar-refractivity contribution in [3.8, 4) is 0 Å². The highest BCUT2D eigenvalue weighted by molar-refractivity contribution is 5.83. The van der Waals surface area contributed by atoms with E-state index in [1.54, 1.807) is 6.92 Å². The molecular weight excluding hydrogens is 837 g/mol. The first-order valence-corrected chi connectivity index (χ1v) is 27.9. The van der Waals surface area contributed by atoms with Crippen LogP contribution in [0.3, 0.4) is 0 Å². The number of aliphatic hydroxyl groups excluding tert-OH is 2. The number of carbonyl (C=O) groups is 3. The molecule has 0 aromatic rings. The van der Waals surface area contributed by atoms with Crippen molar-refractivity contribution in [3.63, 3.8) is 0 Å². The number of carbonyl (C=O) groups excluding carboxylic acids is 1. The van der Waals surface area contributed by atoms with Crippen molar-refractivity contribution in [2.45, 2.75) is 236 Å². The Bertz CT molecular complexity index is 2000. The first-order valence-electron chi connectivity index (χ1n) is 27.9. The zero-order chi connectivity index (χ0) is 49.3. The van der Waals surface area contributed by atoms with Crippen LogP contribution in [-0.2, 0) is 14.4 Å². The Morgan fingerprint density at radius 2 is 0.851 bits per heavy atom. The highest BCUT2D eigenvalue weighted by atomic mass is 16.4. The lowest BCUT2D eigenvalue weighted by Gasteiger charge is -2.72. The van der Waals surface area contributed by atoms with E-state index in [-0.39, 0.29) is 85.0 Å². The topological polar surface area (TPSA) is 152 Å². The Balaban J connectivity index is 0.000000168. The van der Waals surface area contributed by atoms with Gasteiger partial charge in [0, 0.05) is 5.92 Å². The number of fused-ring (bicyclic) bond motifs is 14. The molecule has 0 aromatic carbocycles. The fraction of sp³-hybridized carbons (Fsp3) is 0.949. The number of hydrogen-bond acceptors (Lipinski definition) is 6. The van der Waals surface area contributed by atoms with Crippen LogP contribution in [0, 0.1) is 113 Å². The monoisotopic (exact) mass is 933 g/mol. The minimum atomic E-state index is -0.842. The van der Waals surface area contributed by atoms with Crippen LogP contribution in [0.5, 0.6) is 0 Å². The molecule has 10 saturated carbocycles. The number of aliphatic hydroxyl groups is 3. The van der Waals surface area contributed by atoms with E-state index in [0.717, 1.165) is 96.3 Å². The molecule has 10 aliphatic carbocycles. The number of rotatable bonds is 4. The molecule has 8 nitrogen and oxygen atoms in total. The standard InChI is InChI=1S/C30H50O4.C29H46O4/c1-25(2)20-11-14-29(7)21(27(20,5)13-12-22(25)31)9-8-19-23-18(26(3,4)34)10-15-30(23,24(32)33)17-16-28(19,29)6;1-17(30)18-9-14-29(24(32)33)16-15-27(5)19(23(18)29)7-8-21-26(4)12-11-22(31)25(2,3)20(26)10-13-28(21,27)6/h18-23,31,34H,8-17H2,1-7H3,(H,32,33);18-23,31H,7-16H2,1-6H3,(H,32,33)/t18-,19?,20?,21?,22+,23?,27+,28-,29-,30+;18-,19?,20?,21?,22-,23?,26-,27+,28+,29-/m10/s1. The van der Waals surface area contributed by atoms with E-state index in [1.165, 1.54) is 25.7 Å². The molecule has 0 aromatic heterocycles. The molecule has 380 valence electrons.